The van der Waals surface area contributed by atoms with Crippen LogP contribution < -0.4 is 5.73 Å². The highest BCUT2D eigenvalue weighted by Crippen LogP contribution is 2.60. The third-order valence-corrected chi connectivity index (χ3v) is 5.44. The summed E-state index contributed by atoms with van der Waals surface area (Å²) in [5.41, 5.74) is 6.56. The van der Waals surface area contributed by atoms with Crippen molar-refractivity contribution in [1.82, 2.24) is 9.97 Å². The molecule has 1 aromatic rings. The van der Waals surface area contributed by atoms with Gasteiger partial charge in [0.05, 0.1) is 5.54 Å². The SMILES string of the molecule is NC1(c2ncccn2)C2CC3CC(C2)CC1C3. The Morgan fingerprint density at radius 2 is 1.47 bits per heavy atom. The summed E-state index contributed by atoms with van der Waals surface area (Å²) in [6.45, 7) is 0. The van der Waals surface area contributed by atoms with Gasteiger partial charge in [0.1, 0.15) is 5.82 Å². The van der Waals surface area contributed by atoms with Gasteiger partial charge in [0.25, 0.3) is 0 Å². The fraction of sp³-hybridized carbons (Fsp3) is 0.714. The van der Waals surface area contributed by atoms with E-state index >= 15 is 0 Å². The van der Waals surface area contributed by atoms with Crippen LogP contribution in [0.15, 0.2) is 18.5 Å². The Balaban J connectivity index is 1.78. The Hall–Kier alpha value is -0.960. The standard InChI is InChI=1S/C14H19N3/c15-14(13-16-2-1-3-17-13)11-5-9-4-10(7-11)8-12(14)6-9/h1-3,9-12H,4-8,15H2. The van der Waals surface area contributed by atoms with E-state index in [0.29, 0.717) is 11.8 Å². The van der Waals surface area contributed by atoms with Gasteiger partial charge in [-0.05, 0) is 61.8 Å². The van der Waals surface area contributed by atoms with Crippen molar-refractivity contribution in [2.45, 2.75) is 37.6 Å². The topological polar surface area (TPSA) is 51.8 Å². The predicted molar refractivity (Wildman–Crippen MR) is 64.9 cm³/mol. The second-order valence-corrected chi connectivity index (χ2v) is 6.31. The molecular weight excluding hydrogens is 210 g/mol. The number of nitrogens with zero attached hydrogens (tertiary/aromatic N) is 2. The predicted octanol–water partition coefficient (Wildman–Crippen LogP) is 2.09. The molecule has 3 heteroatoms. The molecule has 0 aromatic carbocycles. The maximum atomic E-state index is 6.79. The molecule has 17 heavy (non-hydrogen) atoms. The maximum Gasteiger partial charge on any atom is 0.148 e. The Morgan fingerprint density at radius 1 is 0.941 bits per heavy atom. The van der Waals surface area contributed by atoms with Gasteiger partial charge >= 0.3 is 0 Å². The molecule has 0 amide bonds. The van der Waals surface area contributed by atoms with Crippen LogP contribution in [-0.4, -0.2) is 9.97 Å². The van der Waals surface area contributed by atoms with Crippen LogP contribution in [0.25, 0.3) is 0 Å². The molecule has 90 valence electrons. The van der Waals surface area contributed by atoms with Gasteiger partial charge in [0, 0.05) is 12.4 Å². The molecule has 1 aromatic heterocycles. The zero-order valence-electron chi connectivity index (χ0n) is 10.0. The summed E-state index contributed by atoms with van der Waals surface area (Å²) in [5, 5.41) is 0. The molecule has 0 unspecified atom stereocenters. The van der Waals surface area contributed by atoms with E-state index in [1.54, 1.807) is 0 Å². The average Bonchev–Trinajstić information content (AvgIpc) is 2.36. The molecule has 0 radical (unpaired) electrons. The Bertz CT molecular complexity index is 400. The Morgan fingerprint density at radius 3 is 2.00 bits per heavy atom. The first-order chi connectivity index (χ1) is 8.27. The van der Waals surface area contributed by atoms with Gasteiger partial charge in [-0.15, -0.1) is 0 Å². The first-order valence-corrected chi connectivity index (χ1v) is 6.83. The largest absolute Gasteiger partial charge is 0.318 e. The summed E-state index contributed by atoms with van der Waals surface area (Å²) in [4.78, 5) is 8.92. The summed E-state index contributed by atoms with van der Waals surface area (Å²) in [7, 11) is 0. The van der Waals surface area contributed by atoms with Gasteiger partial charge in [0.15, 0.2) is 0 Å². The second-order valence-electron chi connectivity index (χ2n) is 6.31. The van der Waals surface area contributed by atoms with E-state index in [-0.39, 0.29) is 5.54 Å². The molecule has 3 nitrogen and oxygen atoms in total. The average molecular weight is 229 g/mol. The lowest BCUT2D eigenvalue weighted by molar-refractivity contribution is -0.0623. The quantitative estimate of drug-likeness (QED) is 0.802. The second kappa shape index (κ2) is 3.29. The molecule has 4 aliphatic rings. The summed E-state index contributed by atoms with van der Waals surface area (Å²) < 4.78 is 0. The van der Waals surface area contributed by atoms with E-state index in [2.05, 4.69) is 9.97 Å². The maximum absolute atomic E-state index is 6.79. The van der Waals surface area contributed by atoms with E-state index in [1.165, 1.54) is 32.1 Å². The van der Waals surface area contributed by atoms with Crippen LogP contribution >= 0.6 is 0 Å². The third-order valence-electron chi connectivity index (χ3n) is 5.44. The molecule has 0 saturated heterocycles. The zero-order valence-corrected chi connectivity index (χ0v) is 10.0. The molecular formula is C14H19N3. The number of hydrogen-bond acceptors (Lipinski definition) is 3. The minimum absolute atomic E-state index is 0.227. The summed E-state index contributed by atoms with van der Waals surface area (Å²) in [6, 6.07) is 1.88. The normalized spacial score (nSPS) is 47.4. The number of nitrogens with two attached hydrogens (primary N) is 1. The van der Waals surface area contributed by atoms with Gasteiger partial charge in [-0.1, -0.05) is 0 Å². The van der Waals surface area contributed by atoms with Crippen LogP contribution in [0.2, 0.25) is 0 Å². The van der Waals surface area contributed by atoms with Crippen LogP contribution in [0.3, 0.4) is 0 Å². The molecule has 5 rings (SSSR count). The molecule has 2 N–H and O–H groups in total. The third kappa shape index (κ3) is 1.26. The lowest BCUT2D eigenvalue weighted by Crippen LogP contribution is -2.61. The number of aromatic nitrogens is 2. The molecule has 1 heterocycles. The molecule has 0 spiro atoms. The molecule has 4 saturated carbocycles. The van der Waals surface area contributed by atoms with E-state index in [0.717, 1.165) is 17.7 Å². The van der Waals surface area contributed by atoms with Crippen molar-refractivity contribution < 1.29 is 0 Å². The van der Waals surface area contributed by atoms with Crippen LogP contribution in [0.4, 0.5) is 0 Å². The Kier molecular flexibility index (Phi) is 1.93. The van der Waals surface area contributed by atoms with Crippen molar-refractivity contribution in [3.63, 3.8) is 0 Å². The number of hydrogen-bond donors (Lipinski definition) is 1. The van der Waals surface area contributed by atoms with E-state index in [4.69, 9.17) is 5.73 Å². The van der Waals surface area contributed by atoms with Crippen molar-refractivity contribution in [3.05, 3.63) is 24.3 Å². The Labute approximate surface area is 102 Å². The van der Waals surface area contributed by atoms with Crippen LogP contribution in [-0.2, 0) is 5.54 Å². The van der Waals surface area contributed by atoms with Crippen LogP contribution in [0.1, 0.15) is 37.9 Å². The highest BCUT2D eigenvalue weighted by atomic mass is 15.0. The highest BCUT2D eigenvalue weighted by Gasteiger charge is 2.57. The number of rotatable bonds is 1. The monoisotopic (exact) mass is 229 g/mol. The van der Waals surface area contributed by atoms with Gasteiger partial charge in [-0.25, -0.2) is 9.97 Å². The van der Waals surface area contributed by atoms with Crippen molar-refractivity contribution in [3.8, 4) is 0 Å². The van der Waals surface area contributed by atoms with Gasteiger partial charge < -0.3 is 5.73 Å². The van der Waals surface area contributed by atoms with E-state index < -0.39 is 0 Å². The van der Waals surface area contributed by atoms with E-state index in [9.17, 15) is 0 Å². The minimum atomic E-state index is -0.227. The fourth-order valence-electron chi connectivity index (χ4n) is 4.85. The van der Waals surface area contributed by atoms with Crippen molar-refractivity contribution in [1.29, 1.82) is 0 Å². The molecule has 0 atom stereocenters. The molecule has 4 fully saturated rings. The van der Waals surface area contributed by atoms with Crippen molar-refractivity contribution in [2.75, 3.05) is 0 Å². The summed E-state index contributed by atoms with van der Waals surface area (Å²) in [6.07, 6.45) is 10.4. The lowest BCUT2D eigenvalue weighted by atomic mass is 9.48. The van der Waals surface area contributed by atoms with Crippen LogP contribution in [0, 0.1) is 23.7 Å². The molecule has 0 aliphatic heterocycles. The van der Waals surface area contributed by atoms with Gasteiger partial charge in [-0.2, -0.15) is 0 Å². The molecule has 4 bridgehead atoms. The highest BCUT2D eigenvalue weighted by molar-refractivity contribution is 5.17. The van der Waals surface area contributed by atoms with Crippen molar-refractivity contribution >= 4 is 0 Å². The van der Waals surface area contributed by atoms with Gasteiger partial charge in [-0.3, -0.25) is 0 Å². The van der Waals surface area contributed by atoms with Crippen LogP contribution in [0.5, 0.6) is 0 Å². The van der Waals surface area contributed by atoms with E-state index in [1.807, 2.05) is 18.5 Å². The smallest absolute Gasteiger partial charge is 0.148 e. The summed E-state index contributed by atoms with van der Waals surface area (Å²) in [5.74, 6) is 4.03. The zero-order chi connectivity index (χ0) is 11.5. The van der Waals surface area contributed by atoms with Gasteiger partial charge in [0.2, 0.25) is 0 Å². The van der Waals surface area contributed by atoms with Crippen molar-refractivity contribution in [2.24, 2.45) is 29.4 Å². The molecule has 4 aliphatic carbocycles. The first-order valence-electron chi connectivity index (χ1n) is 6.83. The summed E-state index contributed by atoms with van der Waals surface area (Å²) >= 11 is 0. The first kappa shape index (κ1) is 10.0. The lowest BCUT2D eigenvalue weighted by Gasteiger charge is -2.58. The minimum Gasteiger partial charge on any atom is -0.318 e. The fourth-order valence-corrected chi connectivity index (χ4v) is 4.85.